The summed E-state index contributed by atoms with van der Waals surface area (Å²) in [6, 6.07) is 27.3. The molecule has 2 saturated carbocycles. The second-order valence-electron chi connectivity index (χ2n) is 21.6. The molecule has 2 atom stereocenters. The molecule has 2 aromatic heterocycles. The zero-order valence-electron chi connectivity index (χ0n) is 48.6. The predicted molar refractivity (Wildman–Crippen MR) is 328 cm³/mol. The Morgan fingerprint density at radius 1 is 0.663 bits per heavy atom. The van der Waals surface area contributed by atoms with Crippen molar-refractivity contribution < 1.29 is 39.6 Å². The number of hydrogen-bond acceptors (Lipinski definition) is 17. The summed E-state index contributed by atoms with van der Waals surface area (Å²) in [6.45, 7) is 5.47. The summed E-state index contributed by atoms with van der Waals surface area (Å²) in [5.41, 5.74) is 5.50. The molecule has 0 radical (unpaired) electrons. The molecule has 0 spiro atoms. The molecule has 0 bridgehead atoms. The minimum Gasteiger partial charge on any atom is -0.480 e. The number of carboxylic acids is 1. The number of hydrogen-bond donors (Lipinski definition) is 5. The van der Waals surface area contributed by atoms with Gasteiger partial charge in [-0.25, -0.2) is 24.6 Å². The van der Waals surface area contributed by atoms with Crippen molar-refractivity contribution in [3.63, 3.8) is 0 Å². The van der Waals surface area contributed by atoms with Crippen molar-refractivity contribution in [2.75, 3.05) is 43.1 Å². The Labute approximate surface area is 529 Å². The standard InChI is InChI=1S/C29H25Cl2N9O3.C25H19Cl2N5O4.C4H8N4.CH3F/c1-28(13-17-2-4-18(14-32)5-3-17)26(43)39(22-11-19(30)10-20(31)12-22)27-34-16-23(40(27)28)24(41)36-29(7-8-29)25(42)33-9-6-21-15-35-38-37-21;1-24(11-14-2-4-15(12-28)5-3-14)21(34)31(18-9-16(26)8-17(27)10-18)23-29-13-19(32(23)24)20(33)30-25(6-7-25)22(35)36;5-2-1-4-3-6-8-7-4;1-2/h2-5,10-12,16H,6-9,13,15H2,1H3,(H,33,42)(H,36,41);2-5,8-10,13H,6-7,11H2,1H3,(H,30,33)(H,35,36);1-3,5H2;1H3/t28-;24-;;/m11../s1/i;;;1D. The molecule has 2 fully saturated rings. The molecular weight excluding hydrogens is 1230 g/mol. The minimum absolute atomic E-state index is 0.0534. The number of alkyl halides is 1. The molecule has 4 aromatic carbocycles. The molecule has 458 valence electrons. The van der Waals surface area contributed by atoms with Crippen molar-refractivity contribution >= 4 is 117 Å². The van der Waals surface area contributed by atoms with Crippen LogP contribution in [0.4, 0.5) is 27.7 Å². The SMILES string of the molecule is C[C@@]1(Cc2ccc(C#N)cc2)C(=O)N(c2cc(Cl)cc(Cl)c2)c2ncc(C(=O)NC3(C(=O)NCCC4=NN=NC4)CC3)n21.C[C@@]1(Cc2ccc(C#N)cc2)C(=O)N(c2cc(Cl)cc(Cl)c2)c2ncc(C(=O)NC3(C(=O)O)CC3)n21.NCCC1=NN=NC1.[2H]CF. The van der Waals surface area contributed by atoms with Gasteiger partial charge in [-0.3, -0.25) is 37.5 Å². The van der Waals surface area contributed by atoms with Crippen molar-refractivity contribution in [3.05, 3.63) is 151 Å². The molecular formula is C59H55Cl4FN18O7. The third-order valence-electron chi connectivity index (χ3n) is 15.3. The predicted octanol–water partition coefficient (Wildman–Crippen LogP) is 9.08. The minimum atomic E-state index is -1.31. The number of rotatable bonds is 17. The third kappa shape index (κ3) is 13.4. The smallest absolute Gasteiger partial charge is 0.329 e. The van der Waals surface area contributed by atoms with E-state index in [0.29, 0.717) is 101 Å². The Hall–Kier alpha value is -9.31. The molecule has 6 aliphatic rings. The monoisotopic (exact) mass is 1290 g/mol. The van der Waals surface area contributed by atoms with Crippen LogP contribution in [0.15, 0.2) is 128 Å². The Kier molecular flexibility index (Phi) is 18.7. The normalized spacial score (nSPS) is 19.1. The van der Waals surface area contributed by atoms with Crippen molar-refractivity contribution in [1.82, 2.24) is 35.1 Å². The summed E-state index contributed by atoms with van der Waals surface area (Å²) >= 11 is 25.0. The van der Waals surface area contributed by atoms with Crippen LogP contribution in [0.3, 0.4) is 0 Å². The number of nitrogens with zero attached hydrogens (tertiary/aromatic N) is 14. The van der Waals surface area contributed by atoms with E-state index in [-0.39, 0.29) is 53.8 Å². The first-order valence-electron chi connectivity index (χ1n) is 28.1. The molecule has 5 amide bonds. The number of benzene rings is 4. The summed E-state index contributed by atoms with van der Waals surface area (Å²) in [4.78, 5) is 91.6. The van der Waals surface area contributed by atoms with E-state index < -0.39 is 47.1 Å². The molecule has 25 nitrogen and oxygen atoms in total. The molecule has 12 rings (SSSR count). The topological polar surface area (TPSA) is 349 Å². The lowest BCUT2D eigenvalue weighted by molar-refractivity contribution is -0.140. The van der Waals surface area contributed by atoms with Crippen LogP contribution in [-0.2, 0) is 43.1 Å². The fraction of sp³-hybridized carbons (Fsp3) is 0.322. The van der Waals surface area contributed by atoms with Gasteiger partial charge in [-0.1, -0.05) is 70.7 Å². The van der Waals surface area contributed by atoms with Crippen molar-refractivity contribution in [1.29, 1.82) is 10.5 Å². The van der Waals surface area contributed by atoms with Crippen LogP contribution in [0.5, 0.6) is 0 Å². The van der Waals surface area contributed by atoms with Crippen LogP contribution in [0.2, 0.25) is 20.1 Å². The first kappa shape index (κ1) is 62.7. The van der Waals surface area contributed by atoms with Gasteiger partial charge in [0.25, 0.3) is 23.6 Å². The largest absolute Gasteiger partial charge is 0.480 e. The quantitative estimate of drug-likeness (QED) is 0.0571. The van der Waals surface area contributed by atoms with Crippen LogP contribution in [0.1, 0.15) is 97.0 Å². The average molecular weight is 1290 g/mol. The van der Waals surface area contributed by atoms with Gasteiger partial charge in [0, 0.05) is 52.3 Å². The van der Waals surface area contributed by atoms with Gasteiger partial charge in [0.1, 0.15) is 46.6 Å². The number of fused-ring (bicyclic) bond motifs is 2. The van der Waals surface area contributed by atoms with E-state index in [9.17, 15) is 43.5 Å². The third-order valence-corrected chi connectivity index (χ3v) is 16.2. The van der Waals surface area contributed by atoms with E-state index in [1.54, 1.807) is 97.3 Å². The van der Waals surface area contributed by atoms with E-state index in [0.717, 1.165) is 29.0 Å². The number of nitrogens with one attached hydrogen (secondary N) is 3. The molecule has 0 saturated heterocycles. The van der Waals surface area contributed by atoms with Crippen LogP contribution >= 0.6 is 46.4 Å². The summed E-state index contributed by atoms with van der Waals surface area (Å²) in [5.74, 6) is -2.90. The van der Waals surface area contributed by atoms with E-state index in [1.807, 2.05) is 0 Å². The molecule has 0 unspecified atom stereocenters. The van der Waals surface area contributed by atoms with Gasteiger partial charge in [-0.15, -0.1) is 10.2 Å². The first-order valence-corrected chi connectivity index (χ1v) is 28.9. The maximum absolute atomic E-state index is 14.2. The first-order chi connectivity index (χ1) is 43.1. The number of halogens is 5. The Morgan fingerprint density at radius 3 is 1.40 bits per heavy atom. The van der Waals surface area contributed by atoms with Gasteiger partial charge >= 0.3 is 5.97 Å². The zero-order valence-corrected chi connectivity index (χ0v) is 50.6. The number of imidazole rings is 2. The summed E-state index contributed by atoms with van der Waals surface area (Å²) < 4.78 is 18.6. The molecule has 6 aromatic rings. The molecule has 89 heavy (non-hydrogen) atoms. The molecule has 4 aliphatic heterocycles. The van der Waals surface area contributed by atoms with Gasteiger partial charge in [0.15, 0.2) is 0 Å². The van der Waals surface area contributed by atoms with Gasteiger partial charge in [-0.05, 0) is 128 Å². The van der Waals surface area contributed by atoms with Crippen molar-refractivity contribution in [3.8, 4) is 12.1 Å². The second-order valence-corrected chi connectivity index (χ2v) is 23.4. The van der Waals surface area contributed by atoms with Crippen molar-refractivity contribution in [2.45, 2.75) is 87.4 Å². The number of carbonyl (C=O) groups is 6. The van der Waals surface area contributed by atoms with E-state index >= 15 is 0 Å². The highest BCUT2D eigenvalue weighted by atomic mass is 35.5. The summed E-state index contributed by atoms with van der Waals surface area (Å²) in [6.07, 6.45) is 6.03. The van der Waals surface area contributed by atoms with Crippen LogP contribution < -0.4 is 31.5 Å². The number of anilines is 4. The number of aromatic nitrogens is 4. The van der Waals surface area contributed by atoms with Gasteiger partial charge in [-0.2, -0.15) is 20.8 Å². The zero-order chi connectivity index (χ0) is 64.7. The molecule has 30 heteroatoms. The Bertz CT molecular complexity index is 4000. The van der Waals surface area contributed by atoms with E-state index in [4.69, 9.17) is 58.8 Å². The van der Waals surface area contributed by atoms with Gasteiger partial charge in [0.05, 0.1) is 67.0 Å². The highest BCUT2D eigenvalue weighted by Gasteiger charge is 2.56. The maximum atomic E-state index is 14.2. The number of carboxylic acid groups (broad SMARTS) is 1. The van der Waals surface area contributed by atoms with Gasteiger partial charge < -0.3 is 26.8 Å². The summed E-state index contributed by atoms with van der Waals surface area (Å²) in [5, 5.41) is 59.6. The van der Waals surface area contributed by atoms with Crippen LogP contribution in [-0.4, -0.2) is 116 Å². The van der Waals surface area contributed by atoms with Gasteiger partial charge in [0.2, 0.25) is 17.8 Å². The highest BCUT2D eigenvalue weighted by molar-refractivity contribution is 6.36. The highest BCUT2D eigenvalue weighted by Crippen LogP contribution is 2.46. The van der Waals surface area contributed by atoms with Crippen LogP contribution in [0.25, 0.3) is 0 Å². The number of carbonyl (C=O) groups excluding carboxylic acids is 5. The fourth-order valence-electron chi connectivity index (χ4n) is 10.5. The summed E-state index contributed by atoms with van der Waals surface area (Å²) in [7, 11) is -1.00. The molecule has 2 aliphatic carbocycles. The number of nitrogens with two attached hydrogens (primary N) is 1. The maximum Gasteiger partial charge on any atom is 0.329 e. The fourth-order valence-corrected chi connectivity index (χ4v) is 11.5. The number of amides is 5. The van der Waals surface area contributed by atoms with Crippen molar-refractivity contribution in [2.24, 2.45) is 36.6 Å². The number of aliphatic carboxylic acids is 1. The molecule has 6 heterocycles. The lowest BCUT2D eigenvalue weighted by Gasteiger charge is -2.27. The second kappa shape index (κ2) is 26.6. The van der Waals surface area contributed by atoms with E-state index in [2.05, 4.69) is 68.9 Å². The lowest BCUT2D eigenvalue weighted by atomic mass is 9.91. The lowest BCUT2D eigenvalue weighted by Crippen LogP contribution is -2.50. The Morgan fingerprint density at radius 2 is 1.06 bits per heavy atom. The number of nitriles is 2. The Balaban J connectivity index is 0.000000184. The van der Waals surface area contributed by atoms with E-state index in [1.165, 1.54) is 32.8 Å². The van der Waals surface area contributed by atoms with Crippen LogP contribution in [0, 0.1) is 22.7 Å². The molecule has 6 N–H and O–H groups in total. The average Bonchev–Trinajstić information content (AvgIpc) is 1.56.